The van der Waals surface area contributed by atoms with Crippen LogP contribution in [0.1, 0.15) is 145 Å². The maximum Gasteiger partial charge on any atom is 0.193 e. The molecule has 0 atom stereocenters. The van der Waals surface area contributed by atoms with Crippen molar-refractivity contribution in [2.24, 2.45) is 0 Å². The van der Waals surface area contributed by atoms with Gasteiger partial charge in [-0.3, -0.25) is 9.59 Å². The molecule has 4 heteroatoms. The predicted molar refractivity (Wildman–Crippen MR) is 235 cm³/mol. The first-order chi connectivity index (χ1) is 27.6. The third-order valence-corrected chi connectivity index (χ3v) is 9.98. The monoisotopic (exact) mass is 746 g/mol. The van der Waals surface area contributed by atoms with Crippen molar-refractivity contribution >= 4 is 35.9 Å². The normalized spacial score (nSPS) is 11.3. The number of unbranched alkanes of at least 4 members (excludes halogenated alkanes) is 10. The summed E-state index contributed by atoms with van der Waals surface area (Å²) < 4.78 is 13.0. The summed E-state index contributed by atoms with van der Waals surface area (Å²) in [5, 5.41) is 0. The number of hydrogen-bond acceptors (Lipinski definition) is 4. The molecule has 0 unspecified atom stereocenters. The van der Waals surface area contributed by atoms with Crippen LogP contribution in [0.2, 0.25) is 0 Å². The van der Waals surface area contributed by atoms with Gasteiger partial charge in [0.2, 0.25) is 0 Å². The molecule has 4 nitrogen and oxygen atoms in total. The van der Waals surface area contributed by atoms with Crippen LogP contribution in [-0.4, -0.2) is 24.8 Å². The highest BCUT2D eigenvalue weighted by atomic mass is 16.5. The first-order valence-electron chi connectivity index (χ1n) is 20.7. The number of carbonyl (C=O) groups is 2. The number of benzene rings is 5. The Bertz CT molecular complexity index is 1830. The lowest BCUT2D eigenvalue weighted by Crippen LogP contribution is -2.03. The van der Waals surface area contributed by atoms with Crippen molar-refractivity contribution in [2.75, 3.05) is 13.2 Å². The zero-order valence-electron chi connectivity index (χ0n) is 33.4. The average molecular weight is 747 g/mol. The molecule has 0 saturated carbocycles. The van der Waals surface area contributed by atoms with E-state index in [2.05, 4.69) is 50.3 Å². The molecule has 0 radical (unpaired) electrons. The molecule has 5 aromatic rings. The quantitative estimate of drug-likeness (QED) is 0.0358. The second kappa shape index (κ2) is 23.4. The van der Waals surface area contributed by atoms with Crippen molar-refractivity contribution in [3.63, 3.8) is 0 Å². The van der Waals surface area contributed by atoms with Crippen LogP contribution in [-0.2, 0) is 0 Å². The molecule has 0 N–H and O–H groups in total. The van der Waals surface area contributed by atoms with Crippen LogP contribution in [0.15, 0.2) is 121 Å². The highest BCUT2D eigenvalue weighted by Gasteiger charge is 2.12. The summed E-state index contributed by atoms with van der Waals surface area (Å²) in [5.74, 6) is 1.64. The number of rotatable bonds is 24. The molecule has 0 spiro atoms. The Morgan fingerprint density at radius 2 is 0.750 bits per heavy atom. The van der Waals surface area contributed by atoms with Crippen molar-refractivity contribution in [3.8, 4) is 11.5 Å². The van der Waals surface area contributed by atoms with Crippen LogP contribution < -0.4 is 9.47 Å². The summed E-state index contributed by atoms with van der Waals surface area (Å²) in [6, 6.07) is 38.4. The van der Waals surface area contributed by atoms with E-state index in [0.717, 1.165) is 59.4 Å². The Kier molecular flexibility index (Phi) is 17.4. The summed E-state index contributed by atoms with van der Waals surface area (Å²) in [7, 11) is 0. The number of carbonyl (C=O) groups excluding carboxylic acids is 2. The van der Waals surface area contributed by atoms with Crippen LogP contribution in [0.4, 0.5) is 0 Å². The lowest BCUT2D eigenvalue weighted by atomic mass is 10.0. The van der Waals surface area contributed by atoms with Crippen molar-refractivity contribution in [2.45, 2.75) is 90.9 Å². The third-order valence-electron chi connectivity index (χ3n) is 9.98. The zero-order valence-corrected chi connectivity index (χ0v) is 33.4. The smallest absolute Gasteiger partial charge is 0.193 e. The standard InChI is InChI=1S/C52H58O4/c1-3-5-7-9-11-19-37-55-49-39-48(36-30-42-27-33-46(34-28-42)52(54)44-23-17-14-18-24-44)50(56-38-20-12-10-8-6-4-2)40-47(49)35-29-41-25-31-45(32-26-41)51(53)43-21-15-13-16-22-43/h13-18,21-36,39-40H,3-12,19-20,37-38H2,1-2H3. The Morgan fingerprint density at radius 3 is 1.12 bits per heavy atom. The number of hydrogen-bond donors (Lipinski definition) is 0. The summed E-state index contributed by atoms with van der Waals surface area (Å²) in [6.07, 6.45) is 22.6. The van der Waals surface area contributed by atoms with E-state index in [1.807, 2.05) is 109 Å². The third kappa shape index (κ3) is 13.4. The van der Waals surface area contributed by atoms with Crippen LogP contribution in [0.25, 0.3) is 24.3 Å². The minimum absolute atomic E-state index is 0.0129. The SMILES string of the molecule is CCCCCCCCOc1cc(C=Cc2ccc(C(=O)c3ccccc3)cc2)c(OCCCCCCCC)cc1C=Cc1ccc(C(=O)c2ccccc2)cc1. The number of ether oxygens (including phenoxy) is 2. The van der Waals surface area contributed by atoms with Crippen LogP contribution in [0.3, 0.4) is 0 Å². The van der Waals surface area contributed by atoms with Gasteiger partial charge >= 0.3 is 0 Å². The van der Waals surface area contributed by atoms with Gasteiger partial charge in [-0.15, -0.1) is 0 Å². The van der Waals surface area contributed by atoms with Gasteiger partial charge in [0.05, 0.1) is 13.2 Å². The number of ketones is 2. The van der Waals surface area contributed by atoms with Gasteiger partial charge in [0, 0.05) is 33.4 Å². The second-order valence-corrected chi connectivity index (χ2v) is 14.5. The van der Waals surface area contributed by atoms with E-state index in [1.54, 1.807) is 0 Å². The second-order valence-electron chi connectivity index (χ2n) is 14.5. The molecule has 0 heterocycles. The first kappa shape index (κ1) is 41.7. The highest BCUT2D eigenvalue weighted by molar-refractivity contribution is 6.09. The lowest BCUT2D eigenvalue weighted by Gasteiger charge is -2.16. The molecule has 5 rings (SSSR count). The van der Waals surface area contributed by atoms with E-state index in [9.17, 15) is 9.59 Å². The Hall–Kier alpha value is -5.48. The molecule has 0 aromatic heterocycles. The summed E-state index contributed by atoms with van der Waals surface area (Å²) in [6.45, 7) is 5.76. The first-order valence-corrected chi connectivity index (χ1v) is 20.7. The molecule has 0 amide bonds. The van der Waals surface area contributed by atoms with Gasteiger partial charge in [0.1, 0.15) is 11.5 Å². The topological polar surface area (TPSA) is 52.6 Å². The van der Waals surface area contributed by atoms with Gasteiger partial charge in [-0.25, -0.2) is 0 Å². The van der Waals surface area contributed by atoms with Gasteiger partial charge < -0.3 is 9.47 Å². The fourth-order valence-electron chi connectivity index (χ4n) is 6.61. The lowest BCUT2D eigenvalue weighted by molar-refractivity contribution is 0.103. The van der Waals surface area contributed by atoms with Gasteiger partial charge in [-0.1, -0.05) is 212 Å². The van der Waals surface area contributed by atoms with Crippen molar-refractivity contribution in [1.29, 1.82) is 0 Å². The van der Waals surface area contributed by atoms with E-state index in [1.165, 1.54) is 51.4 Å². The summed E-state index contributed by atoms with van der Waals surface area (Å²) >= 11 is 0. The molecule has 0 saturated heterocycles. The minimum atomic E-state index is 0.0129. The van der Waals surface area contributed by atoms with Crippen LogP contribution >= 0.6 is 0 Å². The van der Waals surface area contributed by atoms with Gasteiger partial charge in [-0.05, 0) is 36.1 Å². The molecule has 5 aromatic carbocycles. The maximum absolute atomic E-state index is 13.0. The maximum atomic E-state index is 13.0. The largest absolute Gasteiger partial charge is 0.493 e. The average Bonchev–Trinajstić information content (AvgIpc) is 3.25. The predicted octanol–water partition coefficient (Wildman–Crippen LogP) is 14.0. The molecule has 0 bridgehead atoms. The fourth-order valence-corrected chi connectivity index (χ4v) is 6.61. The van der Waals surface area contributed by atoms with Crippen molar-refractivity contribution in [1.82, 2.24) is 0 Å². The van der Waals surface area contributed by atoms with Crippen molar-refractivity contribution in [3.05, 3.63) is 166 Å². The minimum Gasteiger partial charge on any atom is -0.493 e. The Labute approximate surface area is 335 Å². The molecule has 56 heavy (non-hydrogen) atoms. The molecular weight excluding hydrogens is 689 g/mol. The Balaban J connectivity index is 1.39. The van der Waals surface area contributed by atoms with Crippen molar-refractivity contribution < 1.29 is 19.1 Å². The highest BCUT2D eigenvalue weighted by Crippen LogP contribution is 2.33. The van der Waals surface area contributed by atoms with E-state index in [0.29, 0.717) is 35.5 Å². The summed E-state index contributed by atoms with van der Waals surface area (Å²) in [4.78, 5) is 26.0. The van der Waals surface area contributed by atoms with Gasteiger partial charge in [0.25, 0.3) is 0 Å². The van der Waals surface area contributed by atoms with Crippen LogP contribution in [0.5, 0.6) is 11.5 Å². The molecule has 0 fully saturated rings. The van der Waals surface area contributed by atoms with Crippen LogP contribution in [0, 0.1) is 0 Å². The van der Waals surface area contributed by atoms with Gasteiger partial charge in [-0.2, -0.15) is 0 Å². The van der Waals surface area contributed by atoms with E-state index in [-0.39, 0.29) is 11.6 Å². The molecule has 290 valence electrons. The molecule has 0 aliphatic carbocycles. The fraction of sp³-hybridized carbons (Fsp3) is 0.308. The molecular formula is C52H58O4. The molecule has 0 aliphatic heterocycles. The van der Waals surface area contributed by atoms with E-state index in [4.69, 9.17) is 9.47 Å². The summed E-state index contributed by atoms with van der Waals surface area (Å²) in [5.41, 5.74) is 6.55. The van der Waals surface area contributed by atoms with E-state index < -0.39 is 0 Å². The zero-order chi connectivity index (χ0) is 39.2. The van der Waals surface area contributed by atoms with E-state index >= 15 is 0 Å². The van der Waals surface area contributed by atoms with Gasteiger partial charge in [0.15, 0.2) is 11.6 Å². The molecule has 0 aliphatic rings. The Morgan fingerprint density at radius 1 is 0.411 bits per heavy atom.